The van der Waals surface area contributed by atoms with Gasteiger partial charge in [-0.25, -0.2) is 0 Å². The van der Waals surface area contributed by atoms with Crippen molar-refractivity contribution in [2.45, 2.75) is 13.3 Å². The predicted octanol–water partition coefficient (Wildman–Crippen LogP) is 1.27. The Kier molecular flexibility index (Phi) is 0.972. The second-order valence-corrected chi connectivity index (χ2v) is 4.50. The van der Waals surface area contributed by atoms with Crippen molar-refractivity contribution in [2.24, 2.45) is 11.8 Å². The molecule has 3 rings (SSSR count). The summed E-state index contributed by atoms with van der Waals surface area (Å²) in [7, 11) is 0. The van der Waals surface area contributed by atoms with E-state index in [1.165, 1.54) is 21.7 Å². The molecule has 1 heterocycles. The molecule has 2 unspecified atom stereocenters. The second-order valence-electron chi connectivity index (χ2n) is 3.59. The summed E-state index contributed by atoms with van der Waals surface area (Å²) in [6.45, 7) is 2.21. The summed E-state index contributed by atoms with van der Waals surface area (Å²) in [5.41, 5.74) is 1.46. The van der Waals surface area contributed by atoms with Gasteiger partial charge in [0.25, 0.3) is 0 Å². The van der Waals surface area contributed by atoms with Crippen molar-refractivity contribution in [3.63, 3.8) is 0 Å². The van der Waals surface area contributed by atoms with E-state index in [4.69, 9.17) is 0 Å². The monoisotopic (exact) mass is 162 g/mol. The van der Waals surface area contributed by atoms with Gasteiger partial charge < -0.3 is 0 Å². The third-order valence-corrected chi connectivity index (χ3v) is 3.77. The van der Waals surface area contributed by atoms with Crippen molar-refractivity contribution >= 4 is 23.5 Å². The minimum atomic E-state index is 0.899. The number of rotatable bonds is 0. The van der Waals surface area contributed by atoms with E-state index in [9.17, 15) is 0 Å². The Labute approximate surface area is 69.9 Å². The zero-order valence-corrected chi connectivity index (χ0v) is 7.32. The lowest BCUT2D eigenvalue weighted by atomic mass is 10.1. The lowest BCUT2D eigenvalue weighted by Crippen LogP contribution is -2.23. The quantitative estimate of drug-likeness (QED) is 0.539. The van der Waals surface area contributed by atoms with Gasteiger partial charge in [-0.1, -0.05) is 12.2 Å². The fraction of sp³-hybridized carbons (Fsp3) is 0.400. The van der Waals surface area contributed by atoms with Crippen molar-refractivity contribution < 1.29 is 0 Å². The summed E-state index contributed by atoms with van der Waals surface area (Å²) in [6, 6.07) is 0. The van der Waals surface area contributed by atoms with Gasteiger partial charge in [-0.05, 0) is 41.3 Å². The van der Waals surface area contributed by atoms with Crippen LogP contribution in [0.3, 0.4) is 0 Å². The number of thiophene rings is 1. The van der Waals surface area contributed by atoms with Crippen LogP contribution >= 0.6 is 11.3 Å². The Morgan fingerprint density at radius 3 is 3.09 bits per heavy atom. The van der Waals surface area contributed by atoms with Gasteiger partial charge in [0.15, 0.2) is 0 Å². The van der Waals surface area contributed by atoms with Crippen LogP contribution in [0.25, 0.3) is 12.2 Å². The lowest BCUT2D eigenvalue weighted by Gasteiger charge is -1.92. The van der Waals surface area contributed by atoms with Crippen LogP contribution < -0.4 is 9.75 Å². The zero-order chi connectivity index (χ0) is 7.42. The maximum atomic E-state index is 2.46. The van der Waals surface area contributed by atoms with Crippen molar-refractivity contribution in [3.8, 4) is 0 Å². The third-order valence-electron chi connectivity index (χ3n) is 2.69. The van der Waals surface area contributed by atoms with Crippen molar-refractivity contribution in [3.05, 3.63) is 20.7 Å². The molecule has 0 aliphatic heterocycles. The van der Waals surface area contributed by atoms with Gasteiger partial charge in [0.2, 0.25) is 0 Å². The number of aryl methyl sites for hydroxylation is 1. The molecule has 1 saturated carbocycles. The molecule has 1 aromatic heterocycles. The molecule has 0 aromatic carbocycles. The van der Waals surface area contributed by atoms with Crippen LogP contribution in [0, 0.1) is 18.8 Å². The highest BCUT2D eigenvalue weighted by molar-refractivity contribution is 7.07. The molecule has 0 spiro atoms. The molecule has 2 atom stereocenters. The van der Waals surface area contributed by atoms with E-state index in [-0.39, 0.29) is 0 Å². The van der Waals surface area contributed by atoms with Gasteiger partial charge in [0, 0.05) is 4.53 Å². The van der Waals surface area contributed by atoms with Crippen LogP contribution in [0.4, 0.5) is 0 Å². The van der Waals surface area contributed by atoms with Gasteiger partial charge in [0.1, 0.15) is 0 Å². The zero-order valence-electron chi connectivity index (χ0n) is 6.50. The van der Waals surface area contributed by atoms with Gasteiger partial charge in [0.05, 0.1) is 0 Å². The minimum Gasteiger partial charge on any atom is -0.144 e. The van der Waals surface area contributed by atoms with Crippen LogP contribution in [0.15, 0.2) is 5.38 Å². The molecule has 11 heavy (non-hydrogen) atoms. The standard InChI is InChI=1S/C10H10S/c1-6-5-11-10-4-8-2-7(8)3-9(6)10/h3-5,7-8H,2H2,1H3. The van der Waals surface area contributed by atoms with Crippen molar-refractivity contribution in [1.29, 1.82) is 0 Å². The predicted molar refractivity (Wildman–Crippen MR) is 48.8 cm³/mol. The van der Waals surface area contributed by atoms with E-state index in [1.54, 1.807) is 0 Å². The van der Waals surface area contributed by atoms with E-state index >= 15 is 0 Å². The first-order chi connectivity index (χ1) is 5.34. The first kappa shape index (κ1) is 6.01. The van der Waals surface area contributed by atoms with E-state index in [0.29, 0.717) is 0 Å². The Morgan fingerprint density at radius 2 is 2.18 bits per heavy atom. The van der Waals surface area contributed by atoms with Crippen molar-refractivity contribution in [1.82, 2.24) is 0 Å². The minimum absolute atomic E-state index is 0.899. The van der Waals surface area contributed by atoms with Crippen LogP contribution in [0.1, 0.15) is 12.0 Å². The van der Waals surface area contributed by atoms with E-state index in [2.05, 4.69) is 24.5 Å². The van der Waals surface area contributed by atoms with Gasteiger partial charge >= 0.3 is 0 Å². The van der Waals surface area contributed by atoms with E-state index in [0.717, 1.165) is 11.8 Å². The van der Waals surface area contributed by atoms with Crippen LogP contribution in [0.2, 0.25) is 0 Å². The molecular weight excluding hydrogens is 152 g/mol. The lowest BCUT2D eigenvalue weighted by molar-refractivity contribution is 1.07. The van der Waals surface area contributed by atoms with Crippen LogP contribution in [-0.2, 0) is 0 Å². The maximum absolute atomic E-state index is 2.46. The van der Waals surface area contributed by atoms with E-state index in [1.807, 2.05) is 11.3 Å². The molecule has 0 bridgehead atoms. The third kappa shape index (κ3) is 0.747. The fourth-order valence-electron chi connectivity index (χ4n) is 1.84. The summed E-state index contributed by atoms with van der Waals surface area (Å²) >= 11 is 1.90. The van der Waals surface area contributed by atoms with Crippen molar-refractivity contribution in [2.75, 3.05) is 0 Å². The molecule has 1 fully saturated rings. The fourth-order valence-corrected chi connectivity index (χ4v) is 2.88. The normalized spacial score (nSPS) is 31.4. The Hall–Kier alpha value is -0.560. The number of hydrogen-bond donors (Lipinski definition) is 0. The summed E-state index contributed by atoms with van der Waals surface area (Å²) < 4.78 is 1.52. The SMILES string of the molecule is Cc1csc2c1=CC1CC1C=2. The largest absolute Gasteiger partial charge is 0.144 e. The molecule has 1 aromatic rings. The average molecular weight is 162 g/mol. The first-order valence-electron chi connectivity index (χ1n) is 4.12. The highest BCUT2D eigenvalue weighted by Gasteiger charge is 2.34. The summed E-state index contributed by atoms with van der Waals surface area (Å²) in [4.78, 5) is 0. The molecule has 2 aliphatic rings. The highest BCUT2D eigenvalue weighted by Crippen LogP contribution is 2.42. The second kappa shape index (κ2) is 1.78. The number of hydrogen-bond acceptors (Lipinski definition) is 1. The molecule has 1 heteroatoms. The van der Waals surface area contributed by atoms with E-state index < -0.39 is 0 Å². The molecule has 0 amide bonds. The Bertz CT molecular complexity index is 411. The molecular formula is C10H10S. The molecule has 0 saturated heterocycles. The first-order valence-corrected chi connectivity index (χ1v) is 5.00. The summed E-state index contributed by atoms with van der Waals surface area (Å²) in [6.07, 6.45) is 6.32. The average Bonchev–Trinajstić information content (AvgIpc) is 2.68. The highest BCUT2D eigenvalue weighted by atomic mass is 32.1. The van der Waals surface area contributed by atoms with Crippen LogP contribution in [-0.4, -0.2) is 0 Å². The summed E-state index contributed by atoms with van der Waals surface area (Å²) in [5, 5.41) is 3.79. The van der Waals surface area contributed by atoms with Gasteiger partial charge in [-0.2, -0.15) is 0 Å². The molecule has 56 valence electrons. The Morgan fingerprint density at radius 1 is 1.36 bits per heavy atom. The topological polar surface area (TPSA) is 0 Å². The van der Waals surface area contributed by atoms with Crippen LogP contribution in [0.5, 0.6) is 0 Å². The molecule has 0 N–H and O–H groups in total. The van der Waals surface area contributed by atoms with Gasteiger partial charge in [-0.3, -0.25) is 0 Å². The maximum Gasteiger partial charge on any atom is 0.0305 e. The van der Waals surface area contributed by atoms with Gasteiger partial charge in [-0.15, -0.1) is 11.3 Å². The smallest absolute Gasteiger partial charge is 0.0305 e. The molecule has 2 aliphatic carbocycles. The summed E-state index contributed by atoms with van der Waals surface area (Å²) in [5.74, 6) is 1.80. The molecule has 0 radical (unpaired) electrons. The Balaban J connectivity index is 2.45. The molecule has 0 nitrogen and oxygen atoms in total. The number of fused-ring (bicyclic) bond motifs is 2.